The molecule has 1 N–H and O–H groups in total. The summed E-state index contributed by atoms with van der Waals surface area (Å²) in [5, 5.41) is 3.25. The molecule has 1 aliphatic rings. The predicted octanol–water partition coefficient (Wildman–Crippen LogP) is 1.98. The molecule has 1 atom stereocenters. The molecule has 1 saturated heterocycles. The molecule has 102 valence electrons. The number of likely N-dealkylation sites (tertiary alicyclic amines) is 1. The number of benzene rings is 1. The highest BCUT2D eigenvalue weighted by molar-refractivity contribution is 7.80. The minimum Gasteiger partial charge on any atom is -0.352 e. The molecule has 1 aromatic rings. The number of amides is 2. The molecule has 2 rings (SSSR count). The molecule has 1 fully saturated rings. The van der Waals surface area contributed by atoms with Gasteiger partial charge in [-0.2, -0.15) is 0 Å². The first-order valence-corrected chi connectivity index (χ1v) is 6.85. The first-order chi connectivity index (χ1) is 8.97. The number of nitrogens with one attached hydrogen (secondary N) is 1. The summed E-state index contributed by atoms with van der Waals surface area (Å²) in [6.45, 7) is 2.62. The predicted molar refractivity (Wildman–Crippen MR) is 76.8 cm³/mol. The molecule has 0 bridgehead atoms. The van der Waals surface area contributed by atoms with Gasteiger partial charge in [0.15, 0.2) is 0 Å². The van der Waals surface area contributed by atoms with E-state index in [1.807, 2.05) is 0 Å². The summed E-state index contributed by atoms with van der Waals surface area (Å²) < 4.78 is 0. The van der Waals surface area contributed by atoms with Crippen LogP contribution in [-0.4, -0.2) is 35.8 Å². The van der Waals surface area contributed by atoms with E-state index in [4.69, 9.17) is 11.6 Å². The van der Waals surface area contributed by atoms with Gasteiger partial charge in [-0.1, -0.05) is 11.6 Å². The van der Waals surface area contributed by atoms with Crippen molar-refractivity contribution in [1.29, 1.82) is 0 Å². The smallest absolute Gasteiger partial charge is 0.255 e. The average molecular weight is 299 g/mol. The SMILES string of the molecule is CC(=O)NC1CCN(C(=O)c2cc(S)ccc2Cl)C1. The summed E-state index contributed by atoms with van der Waals surface area (Å²) in [5.74, 6) is -0.191. The molecule has 0 saturated carbocycles. The lowest BCUT2D eigenvalue weighted by atomic mass is 10.2. The summed E-state index contributed by atoms with van der Waals surface area (Å²) in [5.41, 5.74) is 0.456. The highest BCUT2D eigenvalue weighted by Gasteiger charge is 2.28. The van der Waals surface area contributed by atoms with Crippen LogP contribution >= 0.6 is 24.2 Å². The summed E-state index contributed by atoms with van der Waals surface area (Å²) >= 11 is 10.3. The molecule has 0 spiro atoms. The van der Waals surface area contributed by atoms with Gasteiger partial charge < -0.3 is 10.2 Å². The molecule has 0 radical (unpaired) electrons. The summed E-state index contributed by atoms with van der Waals surface area (Å²) in [6.07, 6.45) is 0.767. The lowest BCUT2D eigenvalue weighted by Crippen LogP contribution is -2.37. The Morgan fingerprint density at radius 2 is 2.21 bits per heavy atom. The Morgan fingerprint density at radius 1 is 1.47 bits per heavy atom. The molecule has 1 unspecified atom stereocenters. The largest absolute Gasteiger partial charge is 0.352 e. The van der Waals surface area contributed by atoms with Gasteiger partial charge in [0.2, 0.25) is 5.91 Å². The van der Waals surface area contributed by atoms with Gasteiger partial charge in [-0.05, 0) is 24.6 Å². The molecule has 0 aliphatic carbocycles. The van der Waals surface area contributed by atoms with Crippen molar-refractivity contribution in [2.24, 2.45) is 0 Å². The number of halogens is 1. The van der Waals surface area contributed by atoms with E-state index in [0.717, 1.165) is 6.42 Å². The number of rotatable bonds is 2. The zero-order chi connectivity index (χ0) is 14.0. The van der Waals surface area contributed by atoms with Gasteiger partial charge in [-0.3, -0.25) is 9.59 Å². The minimum absolute atomic E-state index is 0.0272. The third-order valence-electron chi connectivity index (χ3n) is 3.06. The van der Waals surface area contributed by atoms with E-state index in [-0.39, 0.29) is 17.9 Å². The number of hydrogen-bond acceptors (Lipinski definition) is 3. The normalized spacial score (nSPS) is 18.5. The maximum Gasteiger partial charge on any atom is 0.255 e. The monoisotopic (exact) mass is 298 g/mol. The zero-order valence-electron chi connectivity index (χ0n) is 10.5. The van der Waals surface area contributed by atoms with Crippen LogP contribution in [0.4, 0.5) is 0 Å². The highest BCUT2D eigenvalue weighted by Crippen LogP contribution is 2.23. The molecule has 6 heteroatoms. The van der Waals surface area contributed by atoms with Crippen LogP contribution in [0.15, 0.2) is 23.1 Å². The van der Waals surface area contributed by atoms with E-state index in [1.54, 1.807) is 23.1 Å². The first kappa shape index (κ1) is 14.2. The van der Waals surface area contributed by atoms with Crippen molar-refractivity contribution in [3.63, 3.8) is 0 Å². The van der Waals surface area contributed by atoms with Gasteiger partial charge in [0.05, 0.1) is 10.6 Å². The highest BCUT2D eigenvalue weighted by atomic mass is 35.5. The van der Waals surface area contributed by atoms with Crippen LogP contribution in [0.1, 0.15) is 23.7 Å². The van der Waals surface area contributed by atoms with Gasteiger partial charge in [-0.15, -0.1) is 12.6 Å². The second kappa shape index (κ2) is 5.84. The number of thiol groups is 1. The third-order valence-corrected chi connectivity index (χ3v) is 3.67. The van der Waals surface area contributed by atoms with Crippen LogP contribution in [0.2, 0.25) is 5.02 Å². The maximum atomic E-state index is 12.3. The van der Waals surface area contributed by atoms with Crippen molar-refractivity contribution in [2.45, 2.75) is 24.3 Å². The van der Waals surface area contributed by atoms with Gasteiger partial charge in [0, 0.05) is 31.0 Å². The van der Waals surface area contributed by atoms with Crippen molar-refractivity contribution in [3.8, 4) is 0 Å². The molecule has 2 amide bonds. The van der Waals surface area contributed by atoms with E-state index in [9.17, 15) is 9.59 Å². The van der Waals surface area contributed by atoms with E-state index in [1.165, 1.54) is 6.92 Å². The maximum absolute atomic E-state index is 12.3. The fraction of sp³-hybridized carbons (Fsp3) is 0.385. The van der Waals surface area contributed by atoms with Crippen LogP contribution < -0.4 is 5.32 Å². The molecule has 0 aromatic heterocycles. The first-order valence-electron chi connectivity index (χ1n) is 6.02. The summed E-state index contributed by atoms with van der Waals surface area (Å²) in [6, 6.07) is 5.10. The molecular weight excluding hydrogens is 284 g/mol. The Kier molecular flexibility index (Phi) is 4.37. The van der Waals surface area contributed by atoms with Gasteiger partial charge in [0.25, 0.3) is 5.91 Å². The Labute approximate surface area is 122 Å². The van der Waals surface area contributed by atoms with Crippen LogP contribution in [0.5, 0.6) is 0 Å². The number of carbonyl (C=O) groups is 2. The Balaban J connectivity index is 2.09. The molecule has 1 aliphatic heterocycles. The topological polar surface area (TPSA) is 49.4 Å². The van der Waals surface area contributed by atoms with E-state index < -0.39 is 0 Å². The lowest BCUT2D eigenvalue weighted by Gasteiger charge is -2.17. The second-order valence-electron chi connectivity index (χ2n) is 4.60. The van der Waals surface area contributed by atoms with Crippen LogP contribution in [0.25, 0.3) is 0 Å². The number of nitrogens with zero attached hydrogens (tertiary/aromatic N) is 1. The van der Waals surface area contributed by atoms with Crippen molar-refractivity contribution in [1.82, 2.24) is 10.2 Å². The van der Waals surface area contributed by atoms with Gasteiger partial charge in [-0.25, -0.2) is 0 Å². The molecule has 1 heterocycles. The summed E-state index contributed by atoms with van der Waals surface area (Å²) in [7, 11) is 0. The molecule has 19 heavy (non-hydrogen) atoms. The van der Waals surface area contributed by atoms with Gasteiger partial charge >= 0.3 is 0 Å². The minimum atomic E-state index is -0.117. The van der Waals surface area contributed by atoms with Gasteiger partial charge in [0.1, 0.15) is 0 Å². The fourth-order valence-electron chi connectivity index (χ4n) is 2.20. The lowest BCUT2D eigenvalue weighted by molar-refractivity contribution is -0.119. The van der Waals surface area contributed by atoms with Crippen molar-refractivity contribution in [3.05, 3.63) is 28.8 Å². The Bertz CT molecular complexity index is 521. The van der Waals surface area contributed by atoms with Crippen LogP contribution in [0.3, 0.4) is 0 Å². The van der Waals surface area contributed by atoms with Crippen LogP contribution in [0, 0.1) is 0 Å². The zero-order valence-corrected chi connectivity index (χ0v) is 12.2. The average Bonchev–Trinajstić information content (AvgIpc) is 2.79. The van der Waals surface area contributed by atoms with E-state index in [2.05, 4.69) is 17.9 Å². The molecule has 4 nitrogen and oxygen atoms in total. The third kappa shape index (κ3) is 3.42. The van der Waals surface area contributed by atoms with E-state index in [0.29, 0.717) is 28.6 Å². The van der Waals surface area contributed by atoms with Crippen molar-refractivity contribution in [2.75, 3.05) is 13.1 Å². The Hall–Kier alpha value is -1.20. The quantitative estimate of drug-likeness (QED) is 0.820. The second-order valence-corrected chi connectivity index (χ2v) is 5.53. The van der Waals surface area contributed by atoms with Crippen LogP contribution in [-0.2, 0) is 4.79 Å². The van der Waals surface area contributed by atoms with Crippen molar-refractivity contribution < 1.29 is 9.59 Å². The standard InChI is InChI=1S/C13H15ClN2O2S/c1-8(17)15-9-4-5-16(7-9)13(18)11-6-10(19)2-3-12(11)14/h2-3,6,9,19H,4-5,7H2,1H3,(H,15,17). The van der Waals surface area contributed by atoms with Crippen molar-refractivity contribution >= 4 is 36.0 Å². The van der Waals surface area contributed by atoms with E-state index >= 15 is 0 Å². The Morgan fingerprint density at radius 3 is 2.89 bits per heavy atom. The molecule has 1 aromatic carbocycles. The number of hydrogen-bond donors (Lipinski definition) is 2. The summed E-state index contributed by atoms with van der Waals surface area (Å²) in [4.78, 5) is 25.7. The number of carbonyl (C=O) groups excluding carboxylic acids is 2. The fourth-order valence-corrected chi connectivity index (χ4v) is 2.60. The molecular formula is C13H15ClN2O2S.